The normalized spacial score (nSPS) is 13.8. The lowest BCUT2D eigenvalue weighted by atomic mass is 10.2. The highest BCUT2D eigenvalue weighted by atomic mass is 35.5. The van der Waals surface area contributed by atoms with Crippen molar-refractivity contribution < 1.29 is 9.47 Å². The van der Waals surface area contributed by atoms with Gasteiger partial charge in [0.2, 0.25) is 5.28 Å². The summed E-state index contributed by atoms with van der Waals surface area (Å²) in [6, 6.07) is 9.55. The van der Waals surface area contributed by atoms with E-state index in [1.54, 1.807) is 18.4 Å². The molecule has 3 rings (SSSR count). The van der Waals surface area contributed by atoms with Gasteiger partial charge in [0.05, 0.1) is 6.54 Å². The summed E-state index contributed by atoms with van der Waals surface area (Å²) in [5.41, 5.74) is 0.259. The predicted octanol–water partition coefficient (Wildman–Crippen LogP) is 2.39. The molecule has 0 amide bonds. The van der Waals surface area contributed by atoms with Gasteiger partial charge < -0.3 is 14.0 Å². The molecule has 2 heterocycles. The first-order valence-electron chi connectivity index (χ1n) is 8.43. The number of halogens is 1. The van der Waals surface area contributed by atoms with Crippen LogP contribution in [-0.4, -0.2) is 32.9 Å². The molecule has 0 spiro atoms. The first-order chi connectivity index (χ1) is 12.9. The molecule has 144 valence electrons. The second-order valence-electron chi connectivity index (χ2n) is 6.12. The van der Waals surface area contributed by atoms with Gasteiger partial charge in [-0.2, -0.15) is 4.98 Å². The molecule has 0 saturated heterocycles. The molecule has 0 aliphatic heterocycles. The van der Waals surface area contributed by atoms with Gasteiger partial charge in [-0.3, -0.25) is 4.79 Å². The minimum atomic E-state index is -0.761. The molecule has 0 saturated carbocycles. The van der Waals surface area contributed by atoms with Crippen LogP contribution >= 0.6 is 11.6 Å². The lowest BCUT2D eigenvalue weighted by molar-refractivity contribution is 0.0374. The van der Waals surface area contributed by atoms with Crippen molar-refractivity contribution in [1.82, 2.24) is 18.7 Å². The molecular formula is C18H21ClN4O4. The molecule has 2 unspecified atom stereocenters. The summed E-state index contributed by atoms with van der Waals surface area (Å²) in [4.78, 5) is 30.4. The number of hydrogen-bond donors (Lipinski definition) is 0. The third-order valence-electron chi connectivity index (χ3n) is 4.56. The third kappa shape index (κ3) is 3.31. The van der Waals surface area contributed by atoms with Gasteiger partial charge in [0.1, 0.15) is 12.5 Å². The standard InChI is InChI=1S/C18H21ClN4O4/c1-11(26-3)22-15-14(16(24)23(18(22)25)12(2)27-4)21(17(19)20-15)10-13-8-6-5-7-9-13/h5-9,11-12H,10H2,1-4H3. The fourth-order valence-electron chi connectivity index (χ4n) is 2.97. The number of aromatic nitrogens is 4. The Labute approximate surface area is 160 Å². The maximum absolute atomic E-state index is 13.1. The Morgan fingerprint density at radius 2 is 1.63 bits per heavy atom. The van der Waals surface area contributed by atoms with Crippen molar-refractivity contribution in [3.63, 3.8) is 0 Å². The van der Waals surface area contributed by atoms with E-state index in [0.29, 0.717) is 6.54 Å². The summed E-state index contributed by atoms with van der Waals surface area (Å²) in [6.45, 7) is 3.65. The van der Waals surface area contributed by atoms with E-state index in [0.717, 1.165) is 10.1 Å². The largest absolute Gasteiger partial charge is 0.361 e. The molecule has 2 aromatic heterocycles. The smallest absolute Gasteiger partial charge is 0.337 e. The Bertz CT molecular complexity index is 1070. The molecule has 8 nitrogen and oxygen atoms in total. The van der Waals surface area contributed by atoms with E-state index in [-0.39, 0.29) is 16.4 Å². The lowest BCUT2D eigenvalue weighted by Gasteiger charge is -2.19. The van der Waals surface area contributed by atoms with Crippen LogP contribution in [0.25, 0.3) is 11.2 Å². The summed E-state index contributed by atoms with van der Waals surface area (Å²) in [7, 11) is 2.90. The van der Waals surface area contributed by atoms with E-state index in [2.05, 4.69) is 4.98 Å². The predicted molar refractivity (Wildman–Crippen MR) is 102 cm³/mol. The second-order valence-corrected chi connectivity index (χ2v) is 6.46. The molecule has 0 bridgehead atoms. The molecular weight excluding hydrogens is 372 g/mol. The van der Waals surface area contributed by atoms with Crippen molar-refractivity contribution in [2.75, 3.05) is 14.2 Å². The number of hydrogen-bond acceptors (Lipinski definition) is 5. The number of benzene rings is 1. The Kier molecular flexibility index (Phi) is 5.50. The molecule has 0 N–H and O–H groups in total. The van der Waals surface area contributed by atoms with Gasteiger partial charge >= 0.3 is 5.69 Å². The van der Waals surface area contributed by atoms with E-state index in [1.807, 2.05) is 30.3 Å². The Morgan fingerprint density at radius 3 is 2.22 bits per heavy atom. The monoisotopic (exact) mass is 392 g/mol. The molecule has 0 radical (unpaired) electrons. The maximum atomic E-state index is 13.1. The zero-order chi connectivity index (χ0) is 19.7. The molecule has 0 aliphatic rings. The topological polar surface area (TPSA) is 80.3 Å². The quantitative estimate of drug-likeness (QED) is 0.602. The van der Waals surface area contributed by atoms with Crippen LogP contribution in [0.3, 0.4) is 0 Å². The van der Waals surface area contributed by atoms with Crippen LogP contribution in [0.15, 0.2) is 39.9 Å². The summed E-state index contributed by atoms with van der Waals surface area (Å²) in [5.74, 6) is 0. The summed E-state index contributed by atoms with van der Waals surface area (Å²) >= 11 is 6.34. The first kappa shape index (κ1) is 19.3. The molecule has 3 aromatic rings. The SMILES string of the molecule is COC(C)n1c(=O)c2c(nc(Cl)n2Cc2ccccc2)n(C(C)OC)c1=O. The highest BCUT2D eigenvalue weighted by molar-refractivity contribution is 6.29. The third-order valence-corrected chi connectivity index (χ3v) is 4.85. The zero-order valence-corrected chi connectivity index (χ0v) is 16.3. The summed E-state index contributed by atoms with van der Waals surface area (Å²) < 4.78 is 14.5. The van der Waals surface area contributed by atoms with Gasteiger partial charge in [0.15, 0.2) is 11.2 Å². The van der Waals surface area contributed by atoms with Gasteiger partial charge in [-0.1, -0.05) is 30.3 Å². The van der Waals surface area contributed by atoms with Crippen molar-refractivity contribution in [2.45, 2.75) is 32.8 Å². The zero-order valence-electron chi connectivity index (χ0n) is 15.5. The first-order valence-corrected chi connectivity index (χ1v) is 8.80. The van der Waals surface area contributed by atoms with Gasteiger partial charge in [-0.05, 0) is 31.0 Å². The van der Waals surface area contributed by atoms with Gasteiger partial charge in [-0.25, -0.2) is 13.9 Å². The Hall–Kier alpha value is -2.42. The summed E-state index contributed by atoms with van der Waals surface area (Å²) in [6.07, 6.45) is -1.41. The van der Waals surface area contributed by atoms with Crippen LogP contribution in [0.2, 0.25) is 5.28 Å². The average Bonchev–Trinajstić information content (AvgIpc) is 2.98. The molecule has 9 heteroatoms. The Balaban J connectivity index is 2.38. The maximum Gasteiger partial charge on any atom is 0.337 e. The highest BCUT2D eigenvalue weighted by Gasteiger charge is 2.25. The molecule has 0 aliphatic carbocycles. The second kappa shape index (κ2) is 7.67. The van der Waals surface area contributed by atoms with Crippen LogP contribution in [-0.2, 0) is 16.0 Å². The number of methoxy groups -OCH3 is 2. The number of ether oxygens (including phenoxy) is 2. The number of imidazole rings is 1. The van der Waals surface area contributed by atoms with Crippen LogP contribution in [0.5, 0.6) is 0 Å². The average molecular weight is 393 g/mol. The highest BCUT2D eigenvalue weighted by Crippen LogP contribution is 2.21. The van der Waals surface area contributed by atoms with Crippen LogP contribution in [0.4, 0.5) is 0 Å². The summed E-state index contributed by atoms with van der Waals surface area (Å²) in [5, 5.41) is 0.116. The lowest BCUT2D eigenvalue weighted by Crippen LogP contribution is -2.43. The van der Waals surface area contributed by atoms with Gasteiger partial charge in [0.25, 0.3) is 5.56 Å². The van der Waals surface area contributed by atoms with E-state index in [1.165, 1.54) is 18.8 Å². The van der Waals surface area contributed by atoms with E-state index in [9.17, 15) is 9.59 Å². The van der Waals surface area contributed by atoms with E-state index in [4.69, 9.17) is 21.1 Å². The van der Waals surface area contributed by atoms with Crippen LogP contribution in [0.1, 0.15) is 31.9 Å². The van der Waals surface area contributed by atoms with E-state index < -0.39 is 23.7 Å². The molecule has 1 aromatic carbocycles. The van der Waals surface area contributed by atoms with Crippen molar-refractivity contribution in [3.05, 3.63) is 62.0 Å². The number of fused-ring (bicyclic) bond motifs is 1. The van der Waals surface area contributed by atoms with Crippen molar-refractivity contribution >= 4 is 22.8 Å². The van der Waals surface area contributed by atoms with Crippen molar-refractivity contribution in [1.29, 1.82) is 0 Å². The fraction of sp³-hybridized carbons (Fsp3) is 0.389. The van der Waals surface area contributed by atoms with Gasteiger partial charge in [0, 0.05) is 14.2 Å². The van der Waals surface area contributed by atoms with Crippen molar-refractivity contribution in [2.24, 2.45) is 0 Å². The minimum absolute atomic E-state index is 0.116. The molecule has 2 atom stereocenters. The molecule has 0 fully saturated rings. The minimum Gasteiger partial charge on any atom is -0.361 e. The number of nitrogens with zero attached hydrogens (tertiary/aromatic N) is 4. The van der Waals surface area contributed by atoms with Crippen molar-refractivity contribution in [3.8, 4) is 0 Å². The Morgan fingerprint density at radius 1 is 1.04 bits per heavy atom. The fourth-order valence-corrected chi connectivity index (χ4v) is 3.19. The van der Waals surface area contributed by atoms with Crippen LogP contribution in [0, 0.1) is 0 Å². The van der Waals surface area contributed by atoms with Gasteiger partial charge in [-0.15, -0.1) is 0 Å². The number of rotatable bonds is 6. The van der Waals surface area contributed by atoms with E-state index >= 15 is 0 Å². The van der Waals surface area contributed by atoms with Crippen LogP contribution < -0.4 is 11.2 Å². The molecule has 27 heavy (non-hydrogen) atoms.